The summed E-state index contributed by atoms with van der Waals surface area (Å²) in [7, 11) is 1.87. The average molecular weight is 330 g/mol. The van der Waals surface area contributed by atoms with Crippen LogP contribution in [-0.4, -0.2) is 40.0 Å². The van der Waals surface area contributed by atoms with E-state index in [0.717, 1.165) is 0 Å². The number of hydrogen-bond acceptors (Lipinski definition) is 5. The van der Waals surface area contributed by atoms with Crippen molar-refractivity contribution < 1.29 is 13.7 Å². The summed E-state index contributed by atoms with van der Waals surface area (Å²) in [5.74, 6) is 0.260. The zero-order chi connectivity index (χ0) is 16.8. The number of fused-ring (bicyclic) bond motifs is 1. The van der Waals surface area contributed by atoms with E-state index in [2.05, 4.69) is 10.1 Å². The maximum Gasteiger partial charge on any atom is 0.205 e. The van der Waals surface area contributed by atoms with Crippen molar-refractivity contribution in [3.8, 4) is 11.5 Å². The molecule has 24 heavy (non-hydrogen) atoms. The van der Waals surface area contributed by atoms with Gasteiger partial charge in [0.2, 0.25) is 5.58 Å². The summed E-state index contributed by atoms with van der Waals surface area (Å²) in [5.41, 5.74) is 1.23. The smallest absolute Gasteiger partial charge is 0.205 e. The van der Waals surface area contributed by atoms with Gasteiger partial charge in [0.15, 0.2) is 17.3 Å². The third kappa shape index (κ3) is 2.36. The molecule has 1 fully saturated rings. The van der Waals surface area contributed by atoms with Gasteiger partial charge < -0.3 is 18.7 Å². The molecular formula is C17H19FN4O2. The van der Waals surface area contributed by atoms with Gasteiger partial charge in [-0.1, -0.05) is 5.16 Å². The molecule has 2 aromatic heterocycles. The van der Waals surface area contributed by atoms with Crippen molar-refractivity contribution in [3.63, 3.8) is 0 Å². The normalized spacial score (nSPS) is 21.6. The summed E-state index contributed by atoms with van der Waals surface area (Å²) in [5, 5.41) is 4.66. The highest BCUT2D eigenvalue weighted by molar-refractivity contribution is 5.92. The molecule has 0 saturated carbocycles. The molecule has 7 heteroatoms. The highest BCUT2D eigenvalue weighted by atomic mass is 19.1. The summed E-state index contributed by atoms with van der Waals surface area (Å²) >= 11 is 0. The molecule has 1 aromatic carbocycles. The van der Waals surface area contributed by atoms with Crippen molar-refractivity contribution in [1.82, 2.24) is 14.7 Å². The number of benzene rings is 1. The molecule has 0 amide bonds. The van der Waals surface area contributed by atoms with Gasteiger partial charge >= 0.3 is 0 Å². The van der Waals surface area contributed by atoms with Crippen molar-refractivity contribution in [2.75, 3.05) is 18.0 Å². The third-order valence-corrected chi connectivity index (χ3v) is 4.35. The summed E-state index contributed by atoms with van der Waals surface area (Å²) in [4.78, 5) is 6.26. The van der Waals surface area contributed by atoms with E-state index in [4.69, 9.17) is 9.26 Å². The summed E-state index contributed by atoms with van der Waals surface area (Å²) in [6.45, 7) is 5.28. The Morgan fingerprint density at radius 1 is 1.21 bits per heavy atom. The third-order valence-electron chi connectivity index (χ3n) is 4.35. The van der Waals surface area contributed by atoms with Crippen LogP contribution in [0.25, 0.3) is 22.5 Å². The molecule has 1 saturated heterocycles. The zero-order valence-electron chi connectivity index (χ0n) is 13.9. The van der Waals surface area contributed by atoms with Crippen molar-refractivity contribution in [3.05, 3.63) is 30.3 Å². The quantitative estimate of drug-likeness (QED) is 0.723. The highest BCUT2D eigenvalue weighted by Gasteiger charge is 2.27. The molecule has 126 valence electrons. The van der Waals surface area contributed by atoms with Gasteiger partial charge in [0.25, 0.3) is 0 Å². The highest BCUT2D eigenvalue weighted by Crippen LogP contribution is 2.34. The molecule has 0 N–H and O–H groups in total. The number of aromatic nitrogens is 3. The standard InChI is InChI=1S/C17H19FN4O2/c1-10-8-22(9-11(2)23-10)13-5-4-12-15(17-19-6-7-21(17)3)20-24-16(12)14(13)18/h4-7,10-11H,8-9H2,1-3H3/t10-,11+. The van der Waals surface area contributed by atoms with Crippen molar-refractivity contribution in [1.29, 1.82) is 0 Å². The summed E-state index contributed by atoms with van der Waals surface area (Å²) in [6, 6.07) is 3.63. The maximum atomic E-state index is 15.0. The van der Waals surface area contributed by atoms with Crippen molar-refractivity contribution in [2.24, 2.45) is 7.05 Å². The first-order valence-corrected chi connectivity index (χ1v) is 8.00. The van der Waals surface area contributed by atoms with E-state index in [1.165, 1.54) is 0 Å². The Balaban J connectivity index is 1.78. The summed E-state index contributed by atoms with van der Waals surface area (Å²) in [6.07, 6.45) is 3.61. The maximum absolute atomic E-state index is 15.0. The van der Waals surface area contributed by atoms with Crippen LogP contribution in [0, 0.1) is 5.82 Å². The van der Waals surface area contributed by atoms with E-state index in [-0.39, 0.29) is 23.6 Å². The van der Waals surface area contributed by atoms with Crippen LogP contribution in [0.1, 0.15) is 13.8 Å². The summed E-state index contributed by atoms with van der Waals surface area (Å²) < 4.78 is 27.9. The molecular weight excluding hydrogens is 311 g/mol. The Morgan fingerprint density at radius 3 is 2.62 bits per heavy atom. The Bertz CT molecular complexity index is 878. The fourth-order valence-electron chi connectivity index (χ4n) is 3.34. The van der Waals surface area contributed by atoms with Gasteiger partial charge in [0.05, 0.1) is 23.3 Å². The molecule has 0 unspecified atom stereocenters. The first kappa shape index (κ1) is 15.1. The van der Waals surface area contributed by atoms with Crippen molar-refractivity contribution >= 4 is 16.7 Å². The largest absolute Gasteiger partial charge is 0.372 e. The van der Waals surface area contributed by atoms with Crippen LogP contribution in [0.5, 0.6) is 0 Å². The lowest BCUT2D eigenvalue weighted by atomic mass is 10.1. The fourth-order valence-corrected chi connectivity index (χ4v) is 3.34. The fraction of sp³-hybridized carbons (Fsp3) is 0.412. The molecule has 4 rings (SSSR count). The molecule has 6 nitrogen and oxygen atoms in total. The van der Waals surface area contributed by atoms with E-state index in [0.29, 0.717) is 35.7 Å². The second kappa shape index (κ2) is 5.59. The first-order valence-electron chi connectivity index (χ1n) is 8.00. The number of morpholine rings is 1. The lowest BCUT2D eigenvalue weighted by Crippen LogP contribution is -2.45. The zero-order valence-corrected chi connectivity index (χ0v) is 13.9. The molecule has 0 radical (unpaired) electrons. The minimum atomic E-state index is -0.387. The molecule has 3 heterocycles. The SMILES string of the molecule is C[C@@H]1CN(c2ccc3c(-c4nccn4C)noc3c2F)C[C@H](C)O1. The van der Waals surface area contributed by atoms with Gasteiger partial charge in [-0.2, -0.15) is 0 Å². The van der Waals surface area contributed by atoms with Gasteiger partial charge in [0.1, 0.15) is 0 Å². The van der Waals surface area contributed by atoms with E-state index in [1.54, 1.807) is 12.3 Å². The number of anilines is 1. The van der Waals surface area contributed by atoms with Crippen LogP contribution >= 0.6 is 0 Å². The monoisotopic (exact) mass is 330 g/mol. The Morgan fingerprint density at radius 2 is 1.96 bits per heavy atom. The van der Waals surface area contributed by atoms with E-state index in [1.807, 2.05) is 42.6 Å². The Kier molecular flexibility index (Phi) is 3.53. The minimum Gasteiger partial charge on any atom is -0.372 e. The molecule has 0 bridgehead atoms. The predicted molar refractivity (Wildman–Crippen MR) is 88.4 cm³/mol. The number of nitrogens with zero attached hydrogens (tertiary/aromatic N) is 4. The van der Waals surface area contributed by atoms with Crippen LogP contribution in [0.4, 0.5) is 10.1 Å². The molecule has 2 atom stereocenters. The first-order chi connectivity index (χ1) is 11.5. The number of rotatable bonds is 2. The molecule has 3 aromatic rings. The van der Waals surface area contributed by atoms with Crippen LogP contribution in [-0.2, 0) is 11.8 Å². The molecule has 0 aliphatic carbocycles. The Hall–Kier alpha value is -2.41. The Labute approximate surface area is 138 Å². The van der Waals surface area contributed by atoms with Gasteiger partial charge in [-0.25, -0.2) is 9.37 Å². The average Bonchev–Trinajstić information content (AvgIpc) is 3.12. The van der Waals surface area contributed by atoms with Crippen LogP contribution in [0.3, 0.4) is 0 Å². The van der Waals surface area contributed by atoms with Crippen LogP contribution < -0.4 is 4.90 Å². The molecule has 1 aliphatic heterocycles. The lowest BCUT2D eigenvalue weighted by molar-refractivity contribution is -0.00539. The second-order valence-corrected chi connectivity index (χ2v) is 6.33. The van der Waals surface area contributed by atoms with E-state index in [9.17, 15) is 0 Å². The van der Waals surface area contributed by atoms with Gasteiger partial charge in [-0.15, -0.1) is 0 Å². The second-order valence-electron chi connectivity index (χ2n) is 6.33. The van der Waals surface area contributed by atoms with Gasteiger partial charge in [-0.3, -0.25) is 0 Å². The van der Waals surface area contributed by atoms with E-state index < -0.39 is 0 Å². The lowest BCUT2D eigenvalue weighted by Gasteiger charge is -2.36. The predicted octanol–water partition coefficient (Wildman–Crippen LogP) is 2.98. The topological polar surface area (TPSA) is 56.3 Å². The number of halogens is 1. The van der Waals surface area contributed by atoms with Crippen molar-refractivity contribution in [2.45, 2.75) is 26.1 Å². The van der Waals surface area contributed by atoms with Gasteiger partial charge in [-0.05, 0) is 26.0 Å². The number of hydrogen-bond donors (Lipinski definition) is 0. The number of ether oxygens (including phenoxy) is 1. The van der Waals surface area contributed by atoms with Gasteiger partial charge in [0, 0.05) is 32.5 Å². The minimum absolute atomic E-state index is 0.0571. The van der Waals surface area contributed by atoms with Crippen LogP contribution in [0.15, 0.2) is 29.0 Å². The molecule has 1 aliphatic rings. The molecule has 0 spiro atoms. The van der Waals surface area contributed by atoms with Crippen LogP contribution in [0.2, 0.25) is 0 Å². The number of aryl methyl sites for hydroxylation is 1. The van der Waals surface area contributed by atoms with E-state index >= 15 is 4.39 Å². The number of imidazole rings is 1.